The quantitative estimate of drug-likeness (QED) is 0.612. The summed E-state index contributed by atoms with van der Waals surface area (Å²) in [5, 5.41) is 10.1. The van der Waals surface area contributed by atoms with Gasteiger partial charge in [0.1, 0.15) is 0 Å². The Hall–Kier alpha value is -2.51. The normalized spacial score (nSPS) is 13.8. The Kier molecular flexibility index (Phi) is 6.28. The highest BCUT2D eigenvalue weighted by Crippen LogP contribution is 2.30. The van der Waals surface area contributed by atoms with Gasteiger partial charge in [0.15, 0.2) is 11.7 Å². The number of hydrogen-bond donors (Lipinski definition) is 2. The fourth-order valence-corrected chi connectivity index (χ4v) is 2.32. The first-order chi connectivity index (χ1) is 12.2. The van der Waals surface area contributed by atoms with Crippen LogP contribution in [0.4, 0.5) is 13.2 Å². The maximum Gasteiger partial charge on any atom is 0.416 e. The van der Waals surface area contributed by atoms with Crippen LogP contribution in [0, 0.1) is 0 Å². The van der Waals surface area contributed by atoms with Gasteiger partial charge in [-0.05, 0) is 30.5 Å². The topological polar surface area (TPSA) is 62.5 Å². The highest BCUT2D eigenvalue weighted by Gasteiger charge is 2.30. The van der Waals surface area contributed by atoms with E-state index in [2.05, 4.69) is 20.8 Å². The minimum Gasteiger partial charge on any atom is -0.359 e. The number of aromatic nitrogens is 1. The number of alkyl halides is 3. The number of guanidine groups is 1. The van der Waals surface area contributed by atoms with E-state index in [1.165, 1.54) is 6.07 Å². The first-order valence-electron chi connectivity index (χ1n) is 8.30. The van der Waals surface area contributed by atoms with Gasteiger partial charge in [0.2, 0.25) is 0 Å². The molecule has 1 atom stereocenters. The minimum absolute atomic E-state index is 0.269. The van der Waals surface area contributed by atoms with E-state index in [0.717, 1.165) is 17.8 Å². The number of halogens is 3. The van der Waals surface area contributed by atoms with Gasteiger partial charge in [0.05, 0.1) is 23.8 Å². The van der Waals surface area contributed by atoms with Gasteiger partial charge in [0.25, 0.3) is 0 Å². The van der Waals surface area contributed by atoms with Crippen LogP contribution in [-0.2, 0) is 12.7 Å². The van der Waals surface area contributed by atoms with Crippen LogP contribution >= 0.6 is 0 Å². The second-order valence-corrected chi connectivity index (χ2v) is 6.29. The van der Waals surface area contributed by atoms with Crippen molar-refractivity contribution < 1.29 is 17.7 Å². The summed E-state index contributed by atoms with van der Waals surface area (Å²) < 4.78 is 43.8. The van der Waals surface area contributed by atoms with Gasteiger partial charge in [-0.3, -0.25) is 4.99 Å². The van der Waals surface area contributed by atoms with E-state index in [9.17, 15) is 13.2 Å². The van der Waals surface area contributed by atoms with E-state index in [4.69, 9.17) is 4.52 Å². The minimum atomic E-state index is -4.37. The molecular formula is C18H23F3N4O. The van der Waals surface area contributed by atoms with Crippen LogP contribution in [0.1, 0.15) is 55.3 Å². The molecule has 0 bridgehead atoms. The third-order valence-corrected chi connectivity index (χ3v) is 3.89. The SMILES string of the molecule is CN=C(NCc1cc(C(C)C)no1)NC(C)c1cccc(C(F)(F)F)c1. The Morgan fingerprint density at radius 2 is 1.96 bits per heavy atom. The maximum atomic E-state index is 12.9. The Labute approximate surface area is 150 Å². The molecule has 0 aliphatic carbocycles. The molecule has 2 aromatic rings. The second kappa shape index (κ2) is 8.25. The van der Waals surface area contributed by atoms with Crippen molar-refractivity contribution in [2.75, 3.05) is 7.05 Å². The van der Waals surface area contributed by atoms with E-state index in [1.807, 2.05) is 19.9 Å². The molecule has 1 aromatic carbocycles. The van der Waals surface area contributed by atoms with Crippen molar-refractivity contribution >= 4 is 5.96 Å². The van der Waals surface area contributed by atoms with Crippen LogP contribution in [0.5, 0.6) is 0 Å². The summed E-state index contributed by atoms with van der Waals surface area (Å²) in [4.78, 5) is 4.09. The highest BCUT2D eigenvalue weighted by molar-refractivity contribution is 5.80. The zero-order chi connectivity index (χ0) is 19.3. The maximum absolute atomic E-state index is 12.9. The van der Waals surface area contributed by atoms with Crippen LogP contribution in [0.3, 0.4) is 0 Å². The van der Waals surface area contributed by atoms with Gasteiger partial charge >= 0.3 is 6.18 Å². The summed E-state index contributed by atoms with van der Waals surface area (Å²) in [5.74, 6) is 1.38. The molecule has 1 heterocycles. The summed E-state index contributed by atoms with van der Waals surface area (Å²) in [6.45, 7) is 6.18. The number of rotatable bonds is 5. The first-order valence-corrected chi connectivity index (χ1v) is 8.30. The number of nitrogens with zero attached hydrogens (tertiary/aromatic N) is 2. The van der Waals surface area contributed by atoms with Gasteiger partial charge in [0, 0.05) is 13.1 Å². The summed E-state index contributed by atoms with van der Waals surface area (Å²) in [5.41, 5.74) is 0.709. The van der Waals surface area contributed by atoms with Crippen molar-refractivity contribution in [1.29, 1.82) is 0 Å². The molecule has 0 aliphatic heterocycles. The van der Waals surface area contributed by atoms with E-state index >= 15 is 0 Å². The molecule has 2 N–H and O–H groups in total. The Morgan fingerprint density at radius 3 is 2.54 bits per heavy atom. The summed E-state index contributed by atoms with van der Waals surface area (Å²) in [7, 11) is 1.59. The van der Waals surface area contributed by atoms with Crippen molar-refractivity contribution in [2.45, 2.75) is 45.5 Å². The van der Waals surface area contributed by atoms with Gasteiger partial charge < -0.3 is 15.2 Å². The Bertz CT molecular complexity index is 753. The monoisotopic (exact) mass is 368 g/mol. The van der Waals surface area contributed by atoms with Crippen molar-refractivity contribution in [3.63, 3.8) is 0 Å². The Morgan fingerprint density at radius 1 is 1.23 bits per heavy atom. The molecule has 5 nitrogen and oxygen atoms in total. The fraction of sp³-hybridized carbons (Fsp3) is 0.444. The third kappa shape index (κ3) is 5.24. The molecule has 0 saturated heterocycles. The average molecular weight is 368 g/mol. The molecule has 0 saturated carbocycles. The lowest BCUT2D eigenvalue weighted by Crippen LogP contribution is -2.38. The molecule has 0 spiro atoms. The van der Waals surface area contributed by atoms with E-state index in [0.29, 0.717) is 23.8 Å². The number of benzene rings is 1. The molecule has 26 heavy (non-hydrogen) atoms. The fourth-order valence-electron chi connectivity index (χ4n) is 2.32. The predicted molar refractivity (Wildman–Crippen MR) is 93.8 cm³/mol. The smallest absolute Gasteiger partial charge is 0.359 e. The lowest BCUT2D eigenvalue weighted by atomic mass is 10.1. The van der Waals surface area contributed by atoms with Gasteiger partial charge in [-0.1, -0.05) is 31.1 Å². The summed E-state index contributed by atoms with van der Waals surface area (Å²) >= 11 is 0. The standard InChI is InChI=1S/C18H23F3N4O/c1-11(2)16-9-15(26-25-16)10-23-17(22-4)24-12(3)13-6-5-7-14(8-13)18(19,20)21/h5-9,11-12H,10H2,1-4H3,(H2,22,23,24). The lowest BCUT2D eigenvalue weighted by Gasteiger charge is -2.19. The summed E-state index contributed by atoms with van der Waals surface area (Å²) in [6, 6.07) is 6.74. The molecular weight excluding hydrogens is 345 g/mol. The number of aliphatic imine (C=N–C) groups is 1. The molecule has 142 valence electrons. The zero-order valence-electron chi connectivity index (χ0n) is 15.2. The van der Waals surface area contributed by atoms with Crippen LogP contribution < -0.4 is 10.6 Å². The van der Waals surface area contributed by atoms with Crippen molar-refractivity contribution in [3.05, 3.63) is 52.9 Å². The third-order valence-electron chi connectivity index (χ3n) is 3.89. The Balaban J connectivity index is 1.98. The number of hydrogen-bond acceptors (Lipinski definition) is 3. The van der Waals surface area contributed by atoms with Crippen LogP contribution in [0.15, 0.2) is 39.8 Å². The highest BCUT2D eigenvalue weighted by atomic mass is 19.4. The molecule has 0 amide bonds. The molecule has 0 radical (unpaired) electrons. The van der Waals surface area contributed by atoms with Crippen LogP contribution in [0.25, 0.3) is 0 Å². The number of nitrogens with one attached hydrogen (secondary N) is 2. The largest absolute Gasteiger partial charge is 0.416 e. The van der Waals surface area contributed by atoms with Gasteiger partial charge in [-0.15, -0.1) is 0 Å². The molecule has 1 aromatic heterocycles. The molecule has 2 rings (SSSR count). The van der Waals surface area contributed by atoms with E-state index in [-0.39, 0.29) is 12.0 Å². The first kappa shape index (κ1) is 19.8. The van der Waals surface area contributed by atoms with Crippen molar-refractivity contribution in [2.24, 2.45) is 4.99 Å². The summed E-state index contributed by atoms with van der Waals surface area (Å²) in [6.07, 6.45) is -4.37. The van der Waals surface area contributed by atoms with Crippen molar-refractivity contribution in [1.82, 2.24) is 15.8 Å². The average Bonchev–Trinajstić information content (AvgIpc) is 3.07. The van der Waals surface area contributed by atoms with Crippen LogP contribution in [0.2, 0.25) is 0 Å². The van der Waals surface area contributed by atoms with Gasteiger partial charge in [-0.2, -0.15) is 13.2 Å². The van der Waals surface area contributed by atoms with Crippen molar-refractivity contribution in [3.8, 4) is 0 Å². The van der Waals surface area contributed by atoms with Crippen LogP contribution in [-0.4, -0.2) is 18.2 Å². The lowest BCUT2D eigenvalue weighted by molar-refractivity contribution is -0.137. The molecule has 0 aliphatic rings. The molecule has 1 unspecified atom stereocenters. The second-order valence-electron chi connectivity index (χ2n) is 6.29. The molecule has 8 heteroatoms. The van der Waals surface area contributed by atoms with E-state index in [1.54, 1.807) is 20.0 Å². The predicted octanol–water partition coefficient (Wildman–Crippen LogP) is 4.24. The van der Waals surface area contributed by atoms with Gasteiger partial charge in [-0.25, -0.2) is 0 Å². The van der Waals surface area contributed by atoms with E-state index < -0.39 is 11.7 Å². The molecule has 0 fully saturated rings. The zero-order valence-corrected chi connectivity index (χ0v) is 15.2.